The number of hydrogen-bond donors (Lipinski definition) is 1. The Morgan fingerprint density at radius 1 is 1.20 bits per heavy atom. The van der Waals surface area contributed by atoms with Crippen molar-refractivity contribution in [2.75, 3.05) is 7.05 Å². The molecule has 1 heterocycles. The van der Waals surface area contributed by atoms with Crippen LogP contribution in [0.15, 0.2) is 42.6 Å². The van der Waals surface area contributed by atoms with E-state index in [1.54, 1.807) is 6.20 Å². The molecule has 0 aliphatic rings. The van der Waals surface area contributed by atoms with Gasteiger partial charge in [-0.05, 0) is 50.1 Å². The summed E-state index contributed by atoms with van der Waals surface area (Å²) >= 11 is 0. The normalized spacial score (nSPS) is 12.3. The summed E-state index contributed by atoms with van der Waals surface area (Å²) in [6.07, 6.45) is 3.98. The van der Waals surface area contributed by atoms with E-state index < -0.39 is 11.6 Å². The van der Waals surface area contributed by atoms with Crippen molar-refractivity contribution in [1.82, 2.24) is 10.3 Å². The highest BCUT2D eigenvalue weighted by Crippen LogP contribution is 2.14. The second kappa shape index (κ2) is 7.10. The van der Waals surface area contributed by atoms with E-state index in [2.05, 4.69) is 10.3 Å². The Bertz CT molecular complexity index is 543. The standard InChI is InChI=1S/C16H18F2N2/c1-19-15(8-7-14-4-2-3-9-20-14)10-12-5-6-13(17)11-16(12)18/h2-6,9,11,15,19H,7-8,10H2,1H3. The van der Waals surface area contributed by atoms with Gasteiger partial charge in [0.05, 0.1) is 0 Å². The molecule has 106 valence electrons. The van der Waals surface area contributed by atoms with Crippen molar-refractivity contribution in [3.05, 3.63) is 65.5 Å². The van der Waals surface area contributed by atoms with Crippen LogP contribution in [0.25, 0.3) is 0 Å². The van der Waals surface area contributed by atoms with Gasteiger partial charge in [0, 0.05) is 24.0 Å². The van der Waals surface area contributed by atoms with Crippen LogP contribution in [0.5, 0.6) is 0 Å². The molecule has 0 saturated heterocycles. The van der Waals surface area contributed by atoms with E-state index in [1.807, 2.05) is 25.2 Å². The molecule has 2 nitrogen and oxygen atoms in total. The topological polar surface area (TPSA) is 24.9 Å². The molecule has 0 aliphatic carbocycles. The fraction of sp³-hybridized carbons (Fsp3) is 0.312. The largest absolute Gasteiger partial charge is 0.317 e. The van der Waals surface area contributed by atoms with Gasteiger partial charge in [-0.1, -0.05) is 12.1 Å². The smallest absolute Gasteiger partial charge is 0.129 e. The molecule has 1 aromatic heterocycles. The van der Waals surface area contributed by atoms with Gasteiger partial charge in [0.15, 0.2) is 0 Å². The molecule has 0 fully saturated rings. The molecule has 0 saturated carbocycles. The maximum atomic E-state index is 13.6. The van der Waals surface area contributed by atoms with Crippen molar-refractivity contribution in [3.8, 4) is 0 Å². The van der Waals surface area contributed by atoms with Gasteiger partial charge in [-0.2, -0.15) is 0 Å². The summed E-state index contributed by atoms with van der Waals surface area (Å²) in [7, 11) is 1.85. The third-order valence-electron chi connectivity index (χ3n) is 3.36. The molecule has 0 spiro atoms. The molecule has 1 unspecified atom stereocenters. The average molecular weight is 276 g/mol. The van der Waals surface area contributed by atoms with Gasteiger partial charge in [0.25, 0.3) is 0 Å². The molecule has 0 bridgehead atoms. The molecular weight excluding hydrogens is 258 g/mol. The van der Waals surface area contributed by atoms with Gasteiger partial charge in [-0.15, -0.1) is 0 Å². The van der Waals surface area contributed by atoms with Crippen LogP contribution in [0.1, 0.15) is 17.7 Å². The number of aryl methyl sites for hydroxylation is 1. The Hall–Kier alpha value is -1.81. The third-order valence-corrected chi connectivity index (χ3v) is 3.36. The summed E-state index contributed by atoms with van der Waals surface area (Å²) in [5.74, 6) is -1.02. The quantitative estimate of drug-likeness (QED) is 0.877. The summed E-state index contributed by atoms with van der Waals surface area (Å²) < 4.78 is 26.5. The zero-order valence-corrected chi connectivity index (χ0v) is 11.4. The van der Waals surface area contributed by atoms with Crippen molar-refractivity contribution < 1.29 is 8.78 Å². The summed E-state index contributed by atoms with van der Waals surface area (Å²) in [6, 6.07) is 9.69. The van der Waals surface area contributed by atoms with E-state index >= 15 is 0 Å². The van der Waals surface area contributed by atoms with Crippen molar-refractivity contribution in [2.24, 2.45) is 0 Å². The summed E-state index contributed by atoms with van der Waals surface area (Å²) in [6.45, 7) is 0. The number of nitrogens with zero attached hydrogens (tertiary/aromatic N) is 1. The fourth-order valence-corrected chi connectivity index (χ4v) is 2.17. The zero-order valence-electron chi connectivity index (χ0n) is 11.4. The Morgan fingerprint density at radius 2 is 2.05 bits per heavy atom. The average Bonchev–Trinajstić information content (AvgIpc) is 2.46. The first-order valence-corrected chi connectivity index (χ1v) is 6.70. The van der Waals surface area contributed by atoms with Gasteiger partial charge in [0.1, 0.15) is 11.6 Å². The Morgan fingerprint density at radius 3 is 2.70 bits per heavy atom. The molecule has 2 rings (SSSR count). The van der Waals surface area contributed by atoms with Gasteiger partial charge >= 0.3 is 0 Å². The van der Waals surface area contributed by atoms with Crippen molar-refractivity contribution in [3.63, 3.8) is 0 Å². The lowest BCUT2D eigenvalue weighted by molar-refractivity contribution is 0.498. The predicted molar refractivity (Wildman–Crippen MR) is 75.5 cm³/mol. The van der Waals surface area contributed by atoms with E-state index in [0.29, 0.717) is 12.0 Å². The van der Waals surface area contributed by atoms with Crippen LogP contribution in [-0.2, 0) is 12.8 Å². The van der Waals surface area contributed by atoms with E-state index in [0.717, 1.165) is 24.6 Å². The maximum Gasteiger partial charge on any atom is 0.129 e. The molecule has 1 N–H and O–H groups in total. The van der Waals surface area contributed by atoms with Crippen LogP contribution >= 0.6 is 0 Å². The number of aromatic nitrogens is 1. The number of pyridine rings is 1. The minimum absolute atomic E-state index is 0.136. The van der Waals surface area contributed by atoms with Crippen molar-refractivity contribution in [1.29, 1.82) is 0 Å². The lowest BCUT2D eigenvalue weighted by Crippen LogP contribution is -2.28. The van der Waals surface area contributed by atoms with Crippen LogP contribution in [0, 0.1) is 11.6 Å². The summed E-state index contributed by atoms with van der Waals surface area (Å²) in [5, 5.41) is 3.17. The van der Waals surface area contributed by atoms with Crippen LogP contribution in [0.4, 0.5) is 8.78 Å². The Labute approximate surface area is 117 Å². The minimum atomic E-state index is -0.541. The lowest BCUT2D eigenvalue weighted by atomic mass is 10.0. The molecule has 0 radical (unpaired) electrons. The summed E-state index contributed by atoms with van der Waals surface area (Å²) in [5.41, 5.74) is 1.55. The molecule has 4 heteroatoms. The highest BCUT2D eigenvalue weighted by molar-refractivity contribution is 5.19. The predicted octanol–water partition coefficient (Wildman–Crippen LogP) is 3.12. The highest BCUT2D eigenvalue weighted by Gasteiger charge is 2.11. The van der Waals surface area contributed by atoms with Crippen molar-refractivity contribution in [2.45, 2.75) is 25.3 Å². The number of nitrogens with one attached hydrogen (secondary N) is 1. The fourth-order valence-electron chi connectivity index (χ4n) is 2.17. The first-order valence-electron chi connectivity index (χ1n) is 6.70. The number of benzene rings is 1. The number of rotatable bonds is 6. The summed E-state index contributed by atoms with van der Waals surface area (Å²) in [4.78, 5) is 4.27. The number of hydrogen-bond acceptors (Lipinski definition) is 2. The molecule has 1 atom stereocenters. The minimum Gasteiger partial charge on any atom is -0.317 e. The first-order chi connectivity index (χ1) is 9.69. The molecule has 0 aliphatic heterocycles. The number of halogens is 2. The van der Waals surface area contributed by atoms with Crippen LogP contribution < -0.4 is 5.32 Å². The zero-order chi connectivity index (χ0) is 14.4. The highest BCUT2D eigenvalue weighted by atomic mass is 19.1. The Balaban J connectivity index is 1.95. The van der Waals surface area contributed by atoms with E-state index in [9.17, 15) is 8.78 Å². The van der Waals surface area contributed by atoms with Crippen LogP contribution in [0.3, 0.4) is 0 Å². The van der Waals surface area contributed by atoms with Crippen molar-refractivity contribution >= 4 is 0 Å². The van der Waals surface area contributed by atoms with E-state index in [4.69, 9.17) is 0 Å². The molecule has 0 amide bonds. The monoisotopic (exact) mass is 276 g/mol. The Kier molecular flexibility index (Phi) is 5.18. The van der Waals surface area contributed by atoms with E-state index in [1.165, 1.54) is 12.1 Å². The second-order valence-electron chi connectivity index (χ2n) is 4.79. The molecule has 1 aromatic carbocycles. The molecule has 2 aromatic rings. The van der Waals surface area contributed by atoms with E-state index in [-0.39, 0.29) is 6.04 Å². The van der Waals surface area contributed by atoms with Gasteiger partial charge in [-0.25, -0.2) is 8.78 Å². The van der Waals surface area contributed by atoms with Crippen LogP contribution in [0.2, 0.25) is 0 Å². The number of likely N-dealkylation sites (N-methyl/N-ethyl adjacent to an activating group) is 1. The van der Waals surface area contributed by atoms with Gasteiger partial charge in [-0.3, -0.25) is 4.98 Å². The van der Waals surface area contributed by atoms with Gasteiger partial charge in [0.2, 0.25) is 0 Å². The molecular formula is C16H18F2N2. The van der Waals surface area contributed by atoms with Crippen LogP contribution in [-0.4, -0.2) is 18.1 Å². The lowest BCUT2D eigenvalue weighted by Gasteiger charge is -2.16. The second-order valence-corrected chi connectivity index (χ2v) is 4.79. The third kappa shape index (κ3) is 4.10. The van der Waals surface area contributed by atoms with Gasteiger partial charge < -0.3 is 5.32 Å². The molecule has 20 heavy (non-hydrogen) atoms. The first kappa shape index (κ1) is 14.6. The SMILES string of the molecule is CNC(CCc1ccccn1)Cc1ccc(F)cc1F. The maximum absolute atomic E-state index is 13.6.